The predicted octanol–water partition coefficient (Wildman–Crippen LogP) is -2.33. The Bertz CT molecular complexity index is 1250. The van der Waals surface area contributed by atoms with Gasteiger partial charge >= 0.3 is 5.97 Å². The van der Waals surface area contributed by atoms with Crippen molar-refractivity contribution in [3.8, 4) is 0 Å². The number of hydrogen-bond acceptors (Lipinski definition) is 13. The van der Waals surface area contributed by atoms with Crippen molar-refractivity contribution in [1.29, 1.82) is 0 Å². The van der Waals surface area contributed by atoms with E-state index in [1.54, 1.807) is 0 Å². The minimum Gasteiger partial charge on any atom is -0.479 e. The van der Waals surface area contributed by atoms with Crippen LogP contribution in [0.2, 0.25) is 0 Å². The van der Waals surface area contributed by atoms with Crippen molar-refractivity contribution in [3.05, 3.63) is 34.2 Å². The maximum Gasteiger partial charge on any atom is 0.335 e. The maximum atomic E-state index is 13.7. The highest BCUT2D eigenvalue weighted by Gasteiger charge is 2.48. The number of nitrogens with one attached hydrogen (secondary N) is 3. The average Bonchev–Trinajstić information content (AvgIpc) is 3.29. The lowest BCUT2D eigenvalue weighted by molar-refractivity contribution is -0.303. The van der Waals surface area contributed by atoms with E-state index in [-0.39, 0.29) is 40.6 Å². The second-order valence-corrected chi connectivity index (χ2v) is 9.57. The molecule has 0 radical (unpaired) electrons. The molecule has 0 aliphatic carbocycles. The highest BCUT2D eigenvalue weighted by atomic mass is 79.9. The van der Waals surface area contributed by atoms with Crippen LogP contribution in [0, 0.1) is 5.82 Å². The Morgan fingerprint density at radius 2 is 1.95 bits per heavy atom. The fourth-order valence-electron chi connectivity index (χ4n) is 2.91. The lowest BCUT2D eigenvalue weighted by Gasteiger charge is -2.38. The molecule has 3 rings (SSSR count). The van der Waals surface area contributed by atoms with Crippen molar-refractivity contribution in [2.24, 2.45) is 10.1 Å². The van der Waals surface area contributed by atoms with Gasteiger partial charge in [-0.25, -0.2) is 39.0 Å². The molecule has 0 saturated carbocycles. The summed E-state index contributed by atoms with van der Waals surface area (Å²) >= 11 is 3.02. The number of aliphatic hydroxyl groups is 3. The fraction of sp³-hybridized carbons (Fsp3) is 0.412. The molecule has 2 aromatic rings. The Balaban J connectivity index is 1.85. The second kappa shape index (κ2) is 12.1. The number of aliphatic carboxylic acids is 1. The van der Waals surface area contributed by atoms with E-state index in [9.17, 15) is 38.0 Å². The number of carboxylic acids is 1. The van der Waals surface area contributed by atoms with Gasteiger partial charge in [-0.3, -0.25) is 0 Å². The summed E-state index contributed by atoms with van der Waals surface area (Å²) in [6.45, 7) is -0.186. The van der Waals surface area contributed by atoms with Gasteiger partial charge in [0, 0.05) is 13.1 Å². The molecule has 1 aromatic heterocycles. The number of aliphatic hydroxyl groups excluding tert-OH is 3. The van der Waals surface area contributed by atoms with Crippen LogP contribution in [0.3, 0.4) is 0 Å². The first-order valence-electron chi connectivity index (χ1n) is 10.1. The quantitative estimate of drug-likeness (QED) is 0.0604. The molecule has 1 aliphatic heterocycles. The molecule has 9 N–H and O–H groups in total. The summed E-state index contributed by atoms with van der Waals surface area (Å²) in [5, 5.41) is 54.0. The van der Waals surface area contributed by atoms with Crippen molar-refractivity contribution in [2.75, 3.05) is 18.4 Å². The third-order valence-corrected chi connectivity index (χ3v) is 5.88. The standard InChI is InChI=1S/C17H21BrFN7O10S/c18-7-5-6(1-2-8(7)19)23-15(9-14(26-36-24-9)21-3-4-22-37(20,32)33)25-35-17-12(29)10(27)11(28)13(34-17)16(30)31/h1-2,5,10-13,17,22,27-29H,3-4H2,(H,21,26)(H,23,25)(H,30,31)(H2,20,32,33)/t10-,11-,12+,13-,17-/m0/s1. The van der Waals surface area contributed by atoms with Crippen molar-refractivity contribution >= 4 is 49.4 Å². The number of carboxylic acid groups (broad SMARTS) is 1. The zero-order valence-corrected chi connectivity index (χ0v) is 20.8. The summed E-state index contributed by atoms with van der Waals surface area (Å²) in [4.78, 5) is 20.7. The number of ether oxygens (including phenoxy) is 1. The van der Waals surface area contributed by atoms with Crippen molar-refractivity contribution in [2.45, 2.75) is 30.7 Å². The van der Waals surface area contributed by atoms with Gasteiger partial charge in [-0.2, -0.15) is 8.42 Å². The van der Waals surface area contributed by atoms with Crippen LogP contribution in [-0.4, -0.2) is 94.8 Å². The van der Waals surface area contributed by atoms with Gasteiger partial charge in [0.2, 0.25) is 12.1 Å². The fourth-order valence-corrected chi connectivity index (χ4v) is 3.66. The molecule has 204 valence electrons. The molecule has 0 amide bonds. The number of rotatable bonds is 10. The van der Waals surface area contributed by atoms with Gasteiger partial charge in [0.25, 0.3) is 10.2 Å². The SMILES string of the molecule is NS(=O)(=O)NCCNc1nonc1C(=Nc1ccc(F)c(Br)c1)NO[C@@H]1O[C@H](C(=O)O)[C@@H](O)[C@H](O)[C@H]1O. The molecule has 1 saturated heterocycles. The highest BCUT2D eigenvalue weighted by Crippen LogP contribution is 2.25. The maximum absolute atomic E-state index is 13.7. The molecule has 0 unspecified atom stereocenters. The molecule has 0 bridgehead atoms. The summed E-state index contributed by atoms with van der Waals surface area (Å²) in [5.41, 5.74) is 2.28. The van der Waals surface area contributed by atoms with E-state index < -0.39 is 52.7 Å². The third kappa shape index (κ3) is 7.59. The Labute approximate surface area is 215 Å². The number of nitrogens with two attached hydrogens (primary N) is 1. The number of benzene rings is 1. The lowest BCUT2D eigenvalue weighted by atomic mass is 9.99. The van der Waals surface area contributed by atoms with Gasteiger partial charge in [-0.15, -0.1) is 0 Å². The van der Waals surface area contributed by atoms with Gasteiger partial charge < -0.3 is 30.5 Å². The molecule has 1 fully saturated rings. The zero-order valence-electron chi connectivity index (χ0n) is 18.4. The largest absolute Gasteiger partial charge is 0.479 e. The van der Waals surface area contributed by atoms with Crippen LogP contribution in [-0.2, 0) is 24.6 Å². The Kier molecular flexibility index (Phi) is 9.44. The molecule has 37 heavy (non-hydrogen) atoms. The van der Waals surface area contributed by atoms with Gasteiger partial charge in [0.05, 0.1) is 10.2 Å². The van der Waals surface area contributed by atoms with Gasteiger partial charge in [0.15, 0.2) is 17.6 Å². The first-order valence-corrected chi connectivity index (χ1v) is 12.4. The highest BCUT2D eigenvalue weighted by molar-refractivity contribution is 9.10. The number of aromatic nitrogens is 2. The van der Waals surface area contributed by atoms with Crippen LogP contribution >= 0.6 is 15.9 Å². The Hall–Kier alpha value is -2.82. The molecule has 17 nitrogen and oxygen atoms in total. The number of anilines is 1. The van der Waals surface area contributed by atoms with E-state index in [4.69, 9.17) is 19.3 Å². The molecule has 0 spiro atoms. The first kappa shape index (κ1) is 28.7. The third-order valence-electron chi connectivity index (χ3n) is 4.66. The number of amidine groups is 1. The average molecular weight is 614 g/mol. The van der Waals surface area contributed by atoms with Gasteiger partial charge in [0.1, 0.15) is 24.1 Å². The van der Waals surface area contributed by atoms with Crippen LogP contribution < -0.4 is 20.7 Å². The van der Waals surface area contributed by atoms with Crippen molar-refractivity contribution in [3.63, 3.8) is 0 Å². The molecule has 1 aliphatic rings. The predicted molar refractivity (Wildman–Crippen MR) is 123 cm³/mol. The van der Waals surface area contributed by atoms with E-state index in [1.165, 1.54) is 12.1 Å². The van der Waals surface area contributed by atoms with Crippen molar-refractivity contribution < 1.29 is 52.2 Å². The molecule has 1 aromatic carbocycles. The van der Waals surface area contributed by atoms with Gasteiger partial charge in [-0.1, -0.05) is 0 Å². The number of nitrogens with zero attached hydrogens (tertiary/aromatic N) is 3. The number of hydrogen-bond donors (Lipinski definition) is 8. The van der Waals surface area contributed by atoms with Crippen LogP contribution in [0.25, 0.3) is 0 Å². The molecule has 2 heterocycles. The summed E-state index contributed by atoms with van der Waals surface area (Å²) in [6.07, 6.45) is -9.53. The lowest BCUT2D eigenvalue weighted by Crippen LogP contribution is -2.61. The van der Waals surface area contributed by atoms with E-state index >= 15 is 0 Å². The zero-order chi connectivity index (χ0) is 27.3. The Morgan fingerprint density at radius 3 is 2.59 bits per heavy atom. The number of hydroxylamine groups is 1. The number of halogens is 2. The monoisotopic (exact) mass is 613 g/mol. The minimum atomic E-state index is -3.94. The van der Waals surface area contributed by atoms with Crippen LogP contribution in [0.1, 0.15) is 5.69 Å². The number of aliphatic imine (C=N–C) groups is 1. The van der Waals surface area contributed by atoms with Crippen molar-refractivity contribution in [1.82, 2.24) is 20.5 Å². The van der Waals surface area contributed by atoms with Crippen LogP contribution in [0.4, 0.5) is 15.9 Å². The summed E-state index contributed by atoms with van der Waals surface area (Å²) in [5.74, 6) is -2.57. The van der Waals surface area contributed by atoms with Crippen LogP contribution in [0.15, 0.2) is 32.3 Å². The Morgan fingerprint density at radius 1 is 1.22 bits per heavy atom. The normalized spacial score (nSPS) is 24.6. The topological polar surface area (TPSA) is 264 Å². The molecule has 20 heteroatoms. The van der Waals surface area contributed by atoms with Gasteiger partial charge in [-0.05, 0) is 44.4 Å². The second-order valence-electron chi connectivity index (χ2n) is 7.34. The summed E-state index contributed by atoms with van der Waals surface area (Å²) in [7, 11) is -3.94. The minimum absolute atomic E-state index is 0.0390. The number of carbonyl (C=O) groups is 1. The summed E-state index contributed by atoms with van der Waals surface area (Å²) < 4.78 is 47.5. The molecular formula is C17H21BrFN7O10S. The van der Waals surface area contributed by atoms with Crippen LogP contribution in [0.5, 0.6) is 0 Å². The molecule has 5 atom stereocenters. The van der Waals surface area contributed by atoms with E-state index in [2.05, 4.69) is 42.0 Å². The van der Waals surface area contributed by atoms with E-state index in [0.29, 0.717) is 0 Å². The first-order chi connectivity index (χ1) is 17.4. The van der Waals surface area contributed by atoms with E-state index in [0.717, 1.165) is 6.07 Å². The smallest absolute Gasteiger partial charge is 0.335 e. The summed E-state index contributed by atoms with van der Waals surface area (Å²) in [6, 6.07) is 3.68. The molecular weight excluding hydrogens is 593 g/mol. The van der Waals surface area contributed by atoms with E-state index in [1.807, 2.05) is 4.72 Å².